The van der Waals surface area contributed by atoms with Crippen molar-refractivity contribution >= 4 is 8.32 Å². The molecule has 7 heteroatoms. The van der Waals surface area contributed by atoms with Gasteiger partial charge in [-0.15, -0.1) is 0 Å². The van der Waals surface area contributed by atoms with Gasteiger partial charge in [0.2, 0.25) is 0 Å². The molecule has 6 nitrogen and oxygen atoms in total. The SMILES string of the molecule is COc1ccc(C(COCc2ccccc2)C[C@H](CO[Si](C)(C)C(C)(C)C)Cc2ccc(OCc3ccccc3)c(OC)c2)cc1OC. The summed E-state index contributed by atoms with van der Waals surface area (Å²) in [7, 11) is 3.05. The summed E-state index contributed by atoms with van der Waals surface area (Å²) in [5.74, 6) is 3.22. The van der Waals surface area contributed by atoms with Gasteiger partial charge in [0.25, 0.3) is 0 Å². The molecule has 0 spiro atoms. The van der Waals surface area contributed by atoms with Crippen molar-refractivity contribution in [1.82, 2.24) is 0 Å². The highest BCUT2D eigenvalue weighted by Gasteiger charge is 2.38. The van der Waals surface area contributed by atoms with E-state index in [9.17, 15) is 0 Å². The van der Waals surface area contributed by atoms with Gasteiger partial charge in [-0.1, -0.05) is 93.6 Å². The lowest BCUT2D eigenvalue weighted by atomic mass is 9.86. The standard InChI is InChI=1S/C41H54O6Si/c1-41(2,3)48(7,8)47-29-34(23-33-19-21-38(39(25-33)43-5)46-28-32-17-13-10-14-18-32)24-36(30-45-27-31-15-11-9-12-16-31)35-20-22-37(42-4)40(26-35)44-6/h9-22,25-26,34,36H,23-24,27-30H2,1-8H3/t34-,36?/m1/s1. The lowest BCUT2D eigenvalue weighted by Gasteiger charge is -2.38. The van der Waals surface area contributed by atoms with Crippen LogP contribution in [0.5, 0.6) is 23.0 Å². The minimum Gasteiger partial charge on any atom is -0.493 e. The van der Waals surface area contributed by atoms with E-state index in [-0.39, 0.29) is 16.9 Å². The Balaban J connectivity index is 1.60. The fourth-order valence-corrected chi connectivity index (χ4v) is 6.57. The molecule has 0 N–H and O–H groups in total. The zero-order valence-corrected chi connectivity index (χ0v) is 31.1. The Morgan fingerprint density at radius 1 is 0.604 bits per heavy atom. The second kappa shape index (κ2) is 17.6. The van der Waals surface area contributed by atoms with Crippen molar-refractivity contribution in [1.29, 1.82) is 0 Å². The van der Waals surface area contributed by atoms with Crippen LogP contribution < -0.4 is 18.9 Å². The van der Waals surface area contributed by atoms with Crippen molar-refractivity contribution in [2.75, 3.05) is 34.5 Å². The molecule has 4 aromatic carbocycles. The summed E-state index contributed by atoms with van der Waals surface area (Å²) in [5.41, 5.74) is 4.60. The molecule has 0 aliphatic rings. The van der Waals surface area contributed by atoms with E-state index in [2.05, 4.69) is 82.4 Å². The first-order chi connectivity index (χ1) is 23.0. The van der Waals surface area contributed by atoms with Crippen LogP contribution in [0.1, 0.15) is 55.4 Å². The predicted octanol–water partition coefficient (Wildman–Crippen LogP) is 9.86. The minimum absolute atomic E-state index is 0.108. The Morgan fingerprint density at radius 2 is 1.19 bits per heavy atom. The van der Waals surface area contributed by atoms with Crippen LogP contribution in [0.15, 0.2) is 97.1 Å². The molecule has 4 aromatic rings. The van der Waals surface area contributed by atoms with Crippen molar-refractivity contribution in [3.05, 3.63) is 119 Å². The van der Waals surface area contributed by atoms with E-state index in [4.69, 9.17) is 28.1 Å². The van der Waals surface area contributed by atoms with Gasteiger partial charge < -0.3 is 28.1 Å². The fraction of sp³-hybridized carbons (Fsp3) is 0.415. The highest BCUT2D eigenvalue weighted by Crippen LogP contribution is 2.39. The molecule has 2 atom stereocenters. The smallest absolute Gasteiger partial charge is 0.191 e. The van der Waals surface area contributed by atoms with E-state index < -0.39 is 8.32 Å². The van der Waals surface area contributed by atoms with Gasteiger partial charge in [0.15, 0.2) is 31.3 Å². The van der Waals surface area contributed by atoms with Crippen LogP contribution in [-0.4, -0.2) is 42.9 Å². The van der Waals surface area contributed by atoms with Crippen molar-refractivity contribution < 1.29 is 28.1 Å². The summed E-state index contributed by atoms with van der Waals surface area (Å²) in [6.07, 6.45) is 1.69. The van der Waals surface area contributed by atoms with Gasteiger partial charge in [-0.05, 0) is 83.4 Å². The summed E-state index contributed by atoms with van der Waals surface area (Å²) in [6, 6.07) is 33.0. The van der Waals surface area contributed by atoms with Crippen LogP contribution >= 0.6 is 0 Å². The molecule has 0 heterocycles. The van der Waals surface area contributed by atoms with Crippen LogP contribution in [0, 0.1) is 5.92 Å². The molecule has 1 unspecified atom stereocenters. The summed E-state index contributed by atoms with van der Waals surface area (Å²) < 4.78 is 36.5. The number of hydrogen-bond acceptors (Lipinski definition) is 6. The second-order valence-electron chi connectivity index (χ2n) is 13.9. The van der Waals surface area contributed by atoms with Crippen molar-refractivity contribution in [3.8, 4) is 23.0 Å². The Labute approximate surface area is 289 Å². The van der Waals surface area contributed by atoms with E-state index in [0.29, 0.717) is 37.9 Å². The minimum atomic E-state index is -1.99. The normalized spacial score (nSPS) is 13.1. The van der Waals surface area contributed by atoms with Crippen LogP contribution in [0.25, 0.3) is 0 Å². The maximum Gasteiger partial charge on any atom is 0.191 e. The third kappa shape index (κ3) is 10.6. The lowest BCUT2D eigenvalue weighted by molar-refractivity contribution is 0.0954. The van der Waals surface area contributed by atoms with E-state index in [1.807, 2.05) is 48.5 Å². The molecule has 48 heavy (non-hydrogen) atoms. The number of rotatable bonds is 18. The number of hydrogen-bond donors (Lipinski definition) is 0. The Bertz CT molecular complexity index is 1530. The van der Waals surface area contributed by atoms with Gasteiger partial charge in [0.1, 0.15) is 6.61 Å². The van der Waals surface area contributed by atoms with Crippen molar-refractivity contribution in [2.24, 2.45) is 5.92 Å². The molecule has 0 aromatic heterocycles. The second-order valence-corrected chi connectivity index (χ2v) is 18.8. The third-order valence-corrected chi connectivity index (χ3v) is 13.9. The van der Waals surface area contributed by atoms with Gasteiger partial charge in [0, 0.05) is 12.5 Å². The fourth-order valence-electron chi connectivity index (χ4n) is 5.48. The predicted molar refractivity (Wildman–Crippen MR) is 197 cm³/mol. The van der Waals surface area contributed by atoms with E-state index in [1.54, 1.807) is 21.3 Å². The molecule has 0 saturated carbocycles. The van der Waals surface area contributed by atoms with Gasteiger partial charge in [-0.2, -0.15) is 0 Å². The summed E-state index contributed by atoms with van der Waals surface area (Å²) in [5, 5.41) is 0.111. The average molecular weight is 671 g/mol. The van der Waals surface area contributed by atoms with Gasteiger partial charge in [-0.3, -0.25) is 0 Å². The average Bonchev–Trinajstić information content (AvgIpc) is 3.09. The number of methoxy groups -OCH3 is 3. The number of ether oxygens (including phenoxy) is 5. The van der Waals surface area contributed by atoms with E-state index in [1.165, 1.54) is 5.56 Å². The summed E-state index contributed by atoms with van der Waals surface area (Å²) in [4.78, 5) is 0. The highest BCUT2D eigenvalue weighted by molar-refractivity contribution is 6.74. The molecule has 0 radical (unpaired) electrons. The molecule has 0 aliphatic heterocycles. The lowest BCUT2D eigenvalue weighted by Crippen LogP contribution is -2.42. The molecule has 0 aliphatic carbocycles. The van der Waals surface area contributed by atoms with Crippen molar-refractivity contribution in [2.45, 2.75) is 70.9 Å². The first kappa shape index (κ1) is 37.0. The quantitative estimate of drug-likeness (QED) is 0.0983. The molecular weight excluding hydrogens is 617 g/mol. The maximum absolute atomic E-state index is 6.89. The van der Waals surface area contributed by atoms with Crippen LogP contribution in [0.3, 0.4) is 0 Å². The van der Waals surface area contributed by atoms with Gasteiger partial charge in [0.05, 0.1) is 34.5 Å². The Morgan fingerprint density at radius 3 is 1.79 bits per heavy atom. The Hall–Kier alpha value is -3.78. The number of benzene rings is 4. The molecule has 0 fully saturated rings. The first-order valence-electron chi connectivity index (χ1n) is 16.8. The summed E-state index contributed by atoms with van der Waals surface area (Å²) in [6.45, 7) is 13.8. The van der Waals surface area contributed by atoms with E-state index in [0.717, 1.165) is 41.0 Å². The Kier molecular flexibility index (Phi) is 13.6. The zero-order valence-electron chi connectivity index (χ0n) is 30.1. The zero-order chi connectivity index (χ0) is 34.6. The molecule has 0 bridgehead atoms. The molecule has 258 valence electrons. The molecular formula is C41H54O6Si. The third-order valence-electron chi connectivity index (χ3n) is 9.40. The van der Waals surface area contributed by atoms with E-state index >= 15 is 0 Å². The van der Waals surface area contributed by atoms with Crippen LogP contribution in [-0.2, 0) is 28.8 Å². The molecule has 0 saturated heterocycles. The monoisotopic (exact) mass is 670 g/mol. The topological polar surface area (TPSA) is 55.4 Å². The largest absolute Gasteiger partial charge is 0.493 e. The maximum atomic E-state index is 6.89. The highest BCUT2D eigenvalue weighted by atomic mass is 28.4. The van der Waals surface area contributed by atoms with Gasteiger partial charge in [-0.25, -0.2) is 0 Å². The molecule has 4 rings (SSSR count). The van der Waals surface area contributed by atoms with Crippen LogP contribution in [0.4, 0.5) is 0 Å². The van der Waals surface area contributed by atoms with Crippen LogP contribution in [0.2, 0.25) is 18.1 Å². The first-order valence-corrected chi connectivity index (χ1v) is 19.7. The molecule has 0 amide bonds. The summed E-state index contributed by atoms with van der Waals surface area (Å²) >= 11 is 0. The van der Waals surface area contributed by atoms with Crippen molar-refractivity contribution in [3.63, 3.8) is 0 Å². The van der Waals surface area contributed by atoms with Gasteiger partial charge >= 0.3 is 0 Å².